The zero-order valence-corrected chi connectivity index (χ0v) is 10.5. The molecule has 0 bridgehead atoms. The topological polar surface area (TPSA) is 77.8 Å². The maximum atomic E-state index is 5.69. The van der Waals surface area contributed by atoms with E-state index in [9.17, 15) is 0 Å². The molecule has 0 aromatic carbocycles. The Labute approximate surface area is 106 Å². The summed E-state index contributed by atoms with van der Waals surface area (Å²) in [4.78, 5) is 8.57. The van der Waals surface area contributed by atoms with Gasteiger partial charge in [0.1, 0.15) is 0 Å². The summed E-state index contributed by atoms with van der Waals surface area (Å²) in [5.74, 6) is 1.37. The zero-order valence-electron chi connectivity index (χ0n) is 10.5. The van der Waals surface area contributed by atoms with Crippen LogP contribution in [0.5, 0.6) is 0 Å². The molecule has 2 heterocycles. The van der Waals surface area contributed by atoms with Crippen molar-refractivity contribution in [2.45, 2.75) is 38.6 Å². The van der Waals surface area contributed by atoms with E-state index in [0.717, 1.165) is 25.0 Å². The largest absolute Gasteiger partial charge is 0.339 e. The summed E-state index contributed by atoms with van der Waals surface area (Å²) in [6, 6.07) is 6.01. The molecule has 0 amide bonds. The maximum absolute atomic E-state index is 5.69. The summed E-state index contributed by atoms with van der Waals surface area (Å²) in [6.07, 6.45) is 5.11. The fourth-order valence-corrected chi connectivity index (χ4v) is 1.70. The Hall–Kier alpha value is -1.75. The number of aromatic nitrogens is 3. The highest BCUT2D eigenvalue weighted by Crippen LogP contribution is 2.07. The van der Waals surface area contributed by atoms with Gasteiger partial charge in [0.2, 0.25) is 5.89 Å². The molecule has 0 spiro atoms. The fourth-order valence-electron chi connectivity index (χ4n) is 1.70. The van der Waals surface area contributed by atoms with E-state index in [1.807, 2.05) is 25.1 Å². The van der Waals surface area contributed by atoms with Crippen LogP contribution in [0.1, 0.15) is 37.2 Å². The molecule has 0 aliphatic heterocycles. The zero-order chi connectivity index (χ0) is 12.8. The lowest BCUT2D eigenvalue weighted by molar-refractivity contribution is 0.368. The summed E-state index contributed by atoms with van der Waals surface area (Å²) >= 11 is 0. The SMILES string of the molecule is CC(N)CCCc1nc(Cc2ccccn2)no1. The molecule has 2 aromatic rings. The van der Waals surface area contributed by atoms with Gasteiger partial charge in [-0.1, -0.05) is 11.2 Å². The molecular weight excluding hydrogens is 228 g/mol. The summed E-state index contributed by atoms with van der Waals surface area (Å²) in [5.41, 5.74) is 6.63. The summed E-state index contributed by atoms with van der Waals surface area (Å²) in [7, 11) is 0. The lowest BCUT2D eigenvalue weighted by Gasteiger charge is -2.00. The standard InChI is InChI=1S/C13H18N4O/c1-10(14)5-4-7-13-16-12(17-18-13)9-11-6-2-3-8-15-11/h2-3,6,8,10H,4-5,7,9,14H2,1H3. The van der Waals surface area contributed by atoms with Gasteiger partial charge in [-0.2, -0.15) is 4.98 Å². The van der Waals surface area contributed by atoms with Crippen LogP contribution < -0.4 is 5.73 Å². The van der Waals surface area contributed by atoms with Gasteiger partial charge in [-0.05, 0) is 31.9 Å². The molecule has 1 atom stereocenters. The van der Waals surface area contributed by atoms with Crippen molar-refractivity contribution in [1.82, 2.24) is 15.1 Å². The van der Waals surface area contributed by atoms with E-state index in [1.165, 1.54) is 0 Å². The van der Waals surface area contributed by atoms with Gasteiger partial charge in [0.25, 0.3) is 0 Å². The smallest absolute Gasteiger partial charge is 0.226 e. The van der Waals surface area contributed by atoms with Crippen molar-refractivity contribution in [2.24, 2.45) is 5.73 Å². The molecule has 0 aliphatic rings. The van der Waals surface area contributed by atoms with Crippen molar-refractivity contribution in [3.63, 3.8) is 0 Å². The highest BCUT2D eigenvalue weighted by atomic mass is 16.5. The van der Waals surface area contributed by atoms with Crippen molar-refractivity contribution in [3.05, 3.63) is 41.8 Å². The van der Waals surface area contributed by atoms with Gasteiger partial charge in [-0.15, -0.1) is 0 Å². The summed E-state index contributed by atoms with van der Waals surface area (Å²) < 4.78 is 5.19. The van der Waals surface area contributed by atoms with Gasteiger partial charge < -0.3 is 10.3 Å². The number of pyridine rings is 1. The van der Waals surface area contributed by atoms with Crippen LogP contribution in [0.2, 0.25) is 0 Å². The van der Waals surface area contributed by atoms with Crippen molar-refractivity contribution >= 4 is 0 Å². The first-order valence-corrected chi connectivity index (χ1v) is 6.21. The Kier molecular flexibility index (Phi) is 4.41. The third kappa shape index (κ3) is 3.92. The van der Waals surface area contributed by atoms with Crippen LogP contribution in [0.15, 0.2) is 28.9 Å². The quantitative estimate of drug-likeness (QED) is 0.839. The Morgan fingerprint density at radius 3 is 3.00 bits per heavy atom. The van der Waals surface area contributed by atoms with Gasteiger partial charge >= 0.3 is 0 Å². The molecule has 2 rings (SSSR count). The van der Waals surface area contributed by atoms with Crippen LogP contribution in [0, 0.1) is 0 Å². The van der Waals surface area contributed by atoms with Crippen LogP contribution >= 0.6 is 0 Å². The van der Waals surface area contributed by atoms with Gasteiger partial charge in [-0.25, -0.2) is 0 Å². The Bertz CT molecular complexity index is 467. The minimum Gasteiger partial charge on any atom is -0.339 e. The maximum Gasteiger partial charge on any atom is 0.226 e. The van der Waals surface area contributed by atoms with Gasteiger partial charge in [0, 0.05) is 24.4 Å². The number of rotatable bonds is 6. The summed E-state index contributed by atoms with van der Waals surface area (Å²) in [5, 5.41) is 3.95. The van der Waals surface area contributed by atoms with E-state index >= 15 is 0 Å². The first kappa shape index (κ1) is 12.7. The van der Waals surface area contributed by atoms with Crippen molar-refractivity contribution < 1.29 is 4.52 Å². The predicted molar refractivity (Wildman–Crippen MR) is 67.9 cm³/mol. The number of nitrogens with two attached hydrogens (primary N) is 1. The minimum atomic E-state index is 0.223. The normalized spacial score (nSPS) is 12.6. The Morgan fingerprint density at radius 1 is 1.39 bits per heavy atom. The van der Waals surface area contributed by atoms with E-state index in [0.29, 0.717) is 18.1 Å². The third-order valence-corrected chi connectivity index (χ3v) is 2.63. The lowest BCUT2D eigenvalue weighted by Crippen LogP contribution is -2.14. The van der Waals surface area contributed by atoms with Crippen LogP contribution in [-0.2, 0) is 12.8 Å². The van der Waals surface area contributed by atoms with Gasteiger partial charge in [0.15, 0.2) is 5.82 Å². The lowest BCUT2D eigenvalue weighted by atomic mass is 10.1. The average Bonchev–Trinajstić information content (AvgIpc) is 2.78. The Morgan fingerprint density at radius 2 is 2.28 bits per heavy atom. The Balaban J connectivity index is 1.86. The monoisotopic (exact) mass is 246 g/mol. The molecule has 5 heteroatoms. The van der Waals surface area contributed by atoms with Crippen molar-refractivity contribution in [3.8, 4) is 0 Å². The molecule has 0 saturated carbocycles. The molecule has 1 unspecified atom stereocenters. The van der Waals surface area contributed by atoms with Gasteiger partial charge in [-0.3, -0.25) is 4.98 Å². The molecule has 0 aliphatic carbocycles. The molecule has 0 saturated heterocycles. The molecular formula is C13H18N4O. The first-order valence-electron chi connectivity index (χ1n) is 6.21. The number of nitrogens with zero attached hydrogens (tertiary/aromatic N) is 3. The number of hydrogen-bond acceptors (Lipinski definition) is 5. The molecule has 2 aromatic heterocycles. The first-order chi connectivity index (χ1) is 8.74. The third-order valence-electron chi connectivity index (χ3n) is 2.63. The number of aryl methyl sites for hydroxylation is 1. The minimum absolute atomic E-state index is 0.223. The molecule has 0 fully saturated rings. The highest BCUT2D eigenvalue weighted by Gasteiger charge is 2.07. The second kappa shape index (κ2) is 6.26. The van der Waals surface area contributed by atoms with Crippen LogP contribution in [0.3, 0.4) is 0 Å². The average molecular weight is 246 g/mol. The van der Waals surface area contributed by atoms with Crippen LogP contribution in [0.25, 0.3) is 0 Å². The highest BCUT2D eigenvalue weighted by molar-refractivity contribution is 5.09. The van der Waals surface area contributed by atoms with Crippen molar-refractivity contribution in [2.75, 3.05) is 0 Å². The van der Waals surface area contributed by atoms with E-state index in [1.54, 1.807) is 6.20 Å². The molecule has 2 N–H and O–H groups in total. The van der Waals surface area contributed by atoms with E-state index in [4.69, 9.17) is 10.3 Å². The van der Waals surface area contributed by atoms with Crippen LogP contribution in [-0.4, -0.2) is 21.2 Å². The molecule has 5 nitrogen and oxygen atoms in total. The summed E-state index contributed by atoms with van der Waals surface area (Å²) in [6.45, 7) is 2.00. The molecule has 0 radical (unpaired) electrons. The van der Waals surface area contributed by atoms with E-state index in [2.05, 4.69) is 15.1 Å². The molecule has 96 valence electrons. The van der Waals surface area contributed by atoms with E-state index < -0.39 is 0 Å². The predicted octanol–water partition coefficient (Wildman–Crippen LogP) is 1.73. The second-order valence-electron chi connectivity index (χ2n) is 4.47. The number of hydrogen-bond donors (Lipinski definition) is 1. The van der Waals surface area contributed by atoms with Gasteiger partial charge in [0.05, 0.1) is 6.42 Å². The molecule has 18 heavy (non-hydrogen) atoms. The van der Waals surface area contributed by atoms with Crippen molar-refractivity contribution in [1.29, 1.82) is 0 Å². The fraction of sp³-hybridized carbons (Fsp3) is 0.462. The van der Waals surface area contributed by atoms with E-state index in [-0.39, 0.29) is 6.04 Å². The second-order valence-corrected chi connectivity index (χ2v) is 4.47. The van der Waals surface area contributed by atoms with Crippen LogP contribution in [0.4, 0.5) is 0 Å².